The monoisotopic (exact) mass is 780 g/mol. The highest BCUT2D eigenvalue weighted by Crippen LogP contribution is 2.40. The molecule has 0 unspecified atom stereocenters. The van der Waals surface area contributed by atoms with Crippen molar-refractivity contribution < 1.29 is 0 Å². The van der Waals surface area contributed by atoms with Crippen molar-refractivity contribution in [3.63, 3.8) is 0 Å². The highest BCUT2D eigenvalue weighted by Gasteiger charge is 2.44. The van der Waals surface area contributed by atoms with E-state index in [0.717, 1.165) is 39.2 Å². The summed E-state index contributed by atoms with van der Waals surface area (Å²) in [5.41, 5.74) is 8.98. The third kappa shape index (κ3) is 5.74. The molecule has 0 bridgehead atoms. The first-order valence-electron chi connectivity index (χ1n) is 20.6. The molecule has 60 heavy (non-hydrogen) atoms. The lowest BCUT2D eigenvalue weighted by atomic mass is 9.91. The van der Waals surface area contributed by atoms with Crippen LogP contribution in [-0.2, 0) is 0 Å². The van der Waals surface area contributed by atoms with E-state index in [2.05, 4.69) is 247 Å². The van der Waals surface area contributed by atoms with Crippen LogP contribution in [0.2, 0.25) is 0 Å². The maximum atomic E-state index is 5.24. The Hall–Kier alpha value is -7.59. The van der Waals surface area contributed by atoms with E-state index in [0.29, 0.717) is 0 Å². The third-order valence-electron chi connectivity index (χ3n) is 12.1. The molecule has 0 atom stereocenters. The molecule has 11 aromatic rings. The average molecular weight is 781 g/mol. The van der Waals surface area contributed by atoms with Gasteiger partial charge < -0.3 is 0 Å². The fraction of sp³-hybridized carbons (Fsp3) is 0. The van der Waals surface area contributed by atoms with Gasteiger partial charge in [-0.15, -0.1) is 0 Å². The molecule has 0 saturated carbocycles. The number of hydrogen-bond donors (Lipinski definition) is 0. The Morgan fingerprint density at radius 3 is 1.28 bits per heavy atom. The Balaban J connectivity index is 1.15. The van der Waals surface area contributed by atoms with Crippen LogP contribution in [0.4, 0.5) is 0 Å². The summed E-state index contributed by atoms with van der Waals surface area (Å²) in [7, 11) is -2.90. The smallest absolute Gasteiger partial charge is 0.180 e. The van der Waals surface area contributed by atoms with Crippen molar-refractivity contribution in [3.05, 3.63) is 243 Å². The zero-order valence-electron chi connectivity index (χ0n) is 33.0. The zero-order chi connectivity index (χ0) is 39.9. The molecule has 3 heteroatoms. The minimum atomic E-state index is -2.90. The van der Waals surface area contributed by atoms with E-state index >= 15 is 0 Å². The predicted octanol–water partition coefficient (Wildman–Crippen LogP) is 11.7. The number of aromatic nitrogens is 2. The van der Waals surface area contributed by atoms with Crippen molar-refractivity contribution >= 4 is 61.4 Å². The lowest BCUT2D eigenvalue weighted by Gasteiger charge is -2.37. The van der Waals surface area contributed by atoms with Crippen molar-refractivity contribution in [1.82, 2.24) is 9.55 Å². The molecule has 0 aliphatic carbocycles. The van der Waals surface area contributed by atoms with Crippen LogP contribution in [0.1, 0.15) is 0 Å². The predicted molar refractivity (Wildman–Crippen MR) is 256 cm³/mol. The topological polar surface area (TPSA) is 17.8 Å². The molecule has 1 aromatic heterocycles. The minimum Gasteiger partial charge on any atom is -0.292 e. The number of hydrogen-bond acceptors (Lipinski definition) is 1. The number of rotatable bonds is 8. The number of fused-ring (bicyclic) bond motifs is 3. The molecule has 0 fully saturated rings. The van der Waals surface area contributed by atoms with Gasteiger partial charge in [-0.3, -0.25) is 4.57 Å². The molecule has 10 aromatic carbocycles. The third-order valence-corrected chi connectivity index (χ3v) is 17.0. The molecule has 1 heterocycles. The second-order valence-electron chi connectivity index (χ2n) is 15.4. The van der Waals surface area contributed by atoms with Crippen LogP contribution in [0.15, 0.2) is 243 Å². The van der Waals surface area contributed by atoms with Crippen LogP contribution < -0.4 is 20.7 Å². The van der Waals surface area contributed by atoms with Gasteiger partial charge in [0.15, 0.2) is 8.07 Å². The second-order valence-corrected chi connectivity index (χ2v) is 19.1. The molecule has 0 aliphatic heterocycles. The van der Waals surface area contributed by atoms with Crippen LogP contribution in [0, 0.1) is 0 Å². The lowest BCUT2D eigenvalue weighted by Crippen LogP contribution is -2.75. The van der Waals surface area contributed by atoms with Gasteiger partial charge in [0.2, 0.25) is 0 Å². The van der Waals surface area contributed by atoms with Crippen LogP contribution >= 0.6 is 0 Å². The summed E-state index contributed by atoms with van der Waals surface area (Å²) < 4.78 is 2.32. The maximum Gasteiger partial charge on any atom is 0.180 e. The van der Waals surface area contributed by atoms with E-state index in [1.807, 2.05) is 0 Å². The first-order chi connectivity index (χ1) is 29.8. The Labute approximate surface area is 351 Å². The van der Waals surface area contributed by atoms with Gasteiger partial charge in [0.25, 0.3) is 0 Å². The average Bonchev–Trinajstić information content (AvgIpc) is 3.74. The van der Waals surface area contributed by atoms with Gasteiger partial charge in [-0.05, 0) is 77.2 Å². The lowest BCUT2D eigenvalue weighted by molar-refractivity contribution is 1.10. The summed E-state index contributed by atoms with van der Waals surface area (Å²) in [5, 5.41) is 10.6. The highest BCUT2D eigenvalue weighted by atomic mass is 28.3. The van der Waals surface area contributed by atoms with Gasteiger partial charge in [-0.2, -0.15) is 0 Å². The summed E-state index contributed by atoms with van der Waals surface area (Å²) in [6.07, 6.45) is 0. The number of nitrogens with zero attached hydrogens (tertiary/aromatic N) is 2. The normalized spacial score (nSPS) is 11.7. The van der Waals surface area contributed by atoms with Crippen LogP contribution in [0.5, 0.6) is 0 Å². The fourth-order valence-electron chi connectivity index (χ4n) is 9.63. The molecule has 0 spiro atoms. The summed E-state index contributed by atoms with van der Waals surface area (Å²) in [6.45, 7) is 0. The largest absolute Gasteiger partial charge is 0.292 e. The van der Waals surface area contributed by atoms with Crippen LogP contribution in [0.25, 0.3) is 71.9 Å². The van der Waals surface area contributed by atoms with Crippen molar-refractivity contribution in [2.75, 3.05) is 0 Å². The zero-order valence-corrected chi connectivity index (χ0v) is 34.0. The molecular formula is C57H40N2Si. The summed E-state index contributed by atoms with van der Waals surface area (Å²) in [4.78, 5) is 5.24. The summed E-state index contributed by atoms with van der Waals surface area (Å²) in [6, 6.07) is 88.8. The highest BCUT2D eigenvalue weighted by molar-refractivity contribution is 7.21. The quantitative estimate of drug-likeness (QED) is 0.0853. The van der Waals surface area contributed by atoms with Crippen LogP contribution in [-0.4, -0.2) is 17.6 Å². The Bertz CT molecular complexity index is 3120. The van der Waals surface area contributed by atoms with E-state index in [1.54, 1.807) is 0 Å². The Kier molecular flexibility index (Phi) is 8.87. The number of imidazole rings is 1. The van der Waals surface area contributed by atoms with Gasteiger partial charge in [0, 0.05) is 16.8 Å². The van der Waals surface area contributed by atoms with Gasteiger partial charge in [0.1, 0.15) is 5.82 Å². The van der Waals surface area contributed by atoms with E-state index < -0.39 is 8.07 Å². The van der Waals surface area contributed by atoms with Crippen LogP contribution in [0.3, 0.4) is 0 Å². The van der Waals surface area contributed by atoms with E-state index in [9.17, 15) is 0 Å². The Morgan fingerprint density at radius 1 is 0.333 bits per heavy atom. The molecule has 0 amide bonds. The Morgan fingerprint density at radius 2 is 0.767 bits per heavy atom. The molecule has 0 radical (unpaired) electrons. The summed E-state index contributed by atoms with van der Waals surface area (Å²) in [5.74, 6) is 0.931. The van der Waals surface area contributed by atoms with Crippen molar-refractivity contribution in [2.24, 2.45) is 0 Å². The molecule has 282 valence electrons. The van der Waals surface area contributed by atoms with Gasteiger partial charge in [-0.25, -0.2) is 4.98 Å². The molecule has 2 nitrogen and oxygen atoms in total. The standard InChI is InChI=1S/C57H40N2Si/c1-6-21-43(22-7-1)57-58-53-36-20-35-48(55(53)59(57)44-23-8-2-9-24-44)41-37-39-42(40-38-41)54-49-31-16-18-33-51(49)56(52-34-19-17-32-50(52)54)60(45-25-10-3-11-26-45,46-27-12-4-13-28-46)47-29-14-5-15-30-47/h1-40H. The fourth-order valence-corrected chi connectivity index (χ4v) is 14.8. The molecule has 0 N–H and O–H groups in total. The van der Waals surface area contributed by atoms with Gasteiger partial charge >= 0.3 is 0 Å². The second kappa shape index (κ2) is 15.0. The molecule has 11 rings (SSSR count). The number of para-hydroxylation sites is 2. The van der Waals surface area contributed by atoms with Gasteiger partial charge in [-0.1, -0.05) is 224 Å². The molecule has 0 saturated heterocycles. The van der Waals surface area contributed by atoms with E-state index in [4.69, 9.17) is 4.98 Å². The SMILES string of the molecule is c1ccc(-c2nc3cccc(-c4ccc(-c5c6ccccc6c([Si](c6ccccc6)(c6ccccc6)c6ccccc6)c6ccccc56)cc4)c3n2-c2ccccc2)cc1. The van der Waals surface area contributed by atoms with Crippen molar-refractivity contribution in [2.45, 2.75) is 0 Å². The van der Waals surface area contributed by atoms with Crippen molar-refractivity contribution in [1.29, 1.82) is 0 Å². The number of benzene rings is 10. The molecular weight excluding hydrogens is 741 g/mol. The van der Waals surface area contributed by atoms with E-state index in [-0.39, 0.29) is 0 Å². The minimum absolute atomic E-state index is 0.931. The first kappa shape index (κ1) is 35.6. The van der Waals surface area contributed by atoms with E-state index in [1.165, 1.54) is 53.4 Å². The van der Waals surface area contributed by atoms with Crippen molar-refractivity contribution in [3.8, 4) is 39.3 Å². The summed E-state index contributed by atoms with van der Waals surface area (Å²) >= 11 is 0. The van der Waals surface area contributed by atoms with Gasteiger partial charge in [0.05, 0.1) is 11.0 Å². The molecule has 0 aliphatic rings. The maximum absolute atomic E-state index is 5.24. The first-order valence-corrected chi connectivity index (χ1v) is 22.6.